The summed E-state index contributed by atoms with van der Waals surface area (Å²) in [5.74, 6) is 0. The van der Waals surface area contributed by atoms with Gasteiger partial charge in [-0.3, -0.25) is 0 Å². The van der Waals surface area contributed by atoms with Crippen molar-refractivity contribution in [3.05, 3.63) is 63.3 Å². The molecule has 1 aromatic carbocycles. The molecule has 0 radical (unpaired) electrons. The fourth-order valence-electron chi connectivity index (χ4n) is 2.11. The first-order valence-corrected chi connectivity index (χ1v) is 11.0. The quantitative estimate of drug-likeness (QED) is 0.598. The van der Waals surface area contributed by atoms with E-state index in [4.69, 9.17) is 0 Å². The predicted octanol–water partition coefficient (Wildman–Crippen LogP) is 4.25. The number of hydrogen-bond donors (Lipinski definition) is 2. The number of sulfonamides is 1. The van der Waals surface area contributed by atoms with Gasteiger partial charge in [0.25, 0.3) is 0 Å². The maximum Gasteiger partial charge on any atom is 0.241 e. The second-order valence-corrected chi connectivity index (χ2v) is 9.63. The third-order valence-electron chi connectivity index (χ3n) is 3.31. The maximum absolute atomic E-state index is 12.3. The molecule has 0 aliphatic heterocycles. The van der Waals surface area contributed by atoms with Gasteiger partial charge >= 0.3 is 0 Å². The van der Waals surface area contributed by atoms with Crippen LogP contribution in [0.15, 0.2) is 63.3 Å². The van der Waals surface area contributed by atoms with Crippen LogP contribution in [0.1, 0.15) is 11.0 Å². The van der Waals surface area contributed by atoms with E-state index in [1.165, 1.54) is 17.4 Å². The molecule has 3 aromatic rings. The molecule has 0 aliphatic carbocycles. The Morgan fingerprint density at radius 1 is 1.08 bits per heavy atom. The van der Waals surface area contributed by atoms with E-state index in [1.54, 1.807) is 29.5 Å². The first-order chi connectivity index (χ1) is 11.5. The lowest BCUT2D eigenvalue weighted by atomic mass is 10.3. The summed E-state index contributed by atoms with van der Waals surface area (Å²) >= 11 is 6.33. The third-order valence-corrected chi connectivity index (χ3v) is 8.00. The molecule has 0 amide bonds. The van der Waals surface area contributed by atoms with Crippen molar-refractivity contribution in [1.82, 2.24) is 4.72 Å². The number of nitrogens with one attached hydrogen (secondary N) is 1. The Balaban J connectivity index is 1.69. The van der Waals surface area contributed by atoms with E-state index in [0.717, 1.165) is 14.6 Å². The minimum Gasteiger partial charge on any atom is -0.386 e. The highest BCUT2D eigenvalue weighted by Crippen LogP contribution is 2.34. The molecule has 2 aromatic heterocycles. The van der Waals surface area contributed by atoms with Gasteiger partial charge in [0.1, 0.15) is 6.10 Å². The molecule has 1 unspecified atom stereocenters. The number of rotatable bonds is 6. The van der Waals surface area contributed by atoms with E-state index in [2.05, 4.69) is 20.7 Å². The summed E-state index contributed by atoms with van der Waals surface area (Å²) in [5.41, 5.74) is 0. The highest BCUT2D eigenvalue weighted by molar-refractivity contribution is 9.10. The summed E-state index contributed by atoms with van der Waals surface area (Å²) in [4.78, 5) is 3.08. The van der Waals surface area contributed by atoms with Crippen LogP contribution in [0.2, 0.25) is 0 Å². The Hall–Kier alpha value is -1.03. The fraction of sp³-hybridized carbons (Fsp3) is 0.125. The Morgan fingerprint density at radius 2 is 1.88 bits per heavy atom. The second-order valence-electron chi connectivity index (χ2n) is 4.98. The highest BCUT2D eigenvalue weighted by atomic mass is 79.9. The summed E-state index contributed by atoms with van der Waals surface area (Å²) < 4.78 is 27.6. The van der Waals surface area contributed by atoms with Gasteiger partial charge in [0.2, 0.25) is 10.0 Å². The molecule has 1 atom stereocenters. The Bertz CT molecular complexity index is 920. The normalized spacial score (nSPS) is 13.1. The minimum atomic E-state index is -3.68. The smallest absolute Gasteiger partial charge is 0.241 e. The van der Waals surface area contributed by atoms with Crippen LogP contribution in [0.3, 0.4) is 0 Å². The average molecular weight is 444 g/mol. The zero-order valence-electron chi connectivity index (χ0n) is 12.3. The van der Waals surface area contributed by atoms with E-state index in [0.29, 0.717) is 4.47 Å². The number of hydrogen-bond acceptors (Lipinski definition) is 5. The number of thiophene rings is 2. The van der Waals surface area contributed by atoms with E-state index in [-0.39, 0.29) is 11.4 Å². The summed E-state index contributed by atoms with van der Waals surface area (Å²) in [5, 5.41) is 12.3. The molecular weight excluding hydrogens is 430 g/mol. The monoisotopic (exact) mass is 443 g/mol. The number of benzene rings is 1. The molecule has 126 valence electrons. The molecule has 8 heteroatoms. The van der Waals surface area contributed by atoms with E-state index < -0.39 is 16.1 Å². The van der Waals surface area contributed by atoms with Crippen molar-refractivity contribution in [1.29, 1.82) is 0 Å². The Morgan fingerprint density at radius 3 is 2.58 bits per heavy atom. The summed E-state index contributed by atoms with van der Waals surface area (Å²) in [6.45, 7) is -0.0753. The SMILES string of the molecule is O=S(=O)(NCC(O)c1ccc(-c2cccs2)s1)c1ccccc1Br. The fourth-order valence-corrected chi connectivity index (χ4v) is 5.98. The van der Waals surface area contributed by atoms with Crippen LogP contribution in [0, 0.1) is 0 Å². The number of halogens is 1. The van der Waals surface area contributed by atoms with Gasteiger partial charge in [-0.25, -0.2) is 13.1 Å². The summed E-state index contributed by atoms with van der Waals surface area (Å²) in [6, 6.07) is 14.3. The van der Waals surface area contributed by atoms with Gasteiger partial charge in [-0.2, -0.15) is 0 Å². The van der Waals surface area contributed by atoms with Gasteiger partial charge in [0.05, 0.1) is 4.90 Å². The standard InChI is InChI=1S/C16H14BrNO3S3/c17-11-4-1-2-6-16(11)24(20,21)18-10-12(19)13-7-8-15(23-13)14-5-3-9-22-14/h1-9,12,18-19H,10H2. The van der Waals surface area contributed by atoms with Crippen molar-refractivity contribution in [2.45, 2.75) is 11.0 Å². The van der Waals surface area contributed by atoms with Crippen LogP contribution in [0.5, 0.6) is 0 Å². The molecule has 0 saturated heterocycles. The first-order valence-electron chi connectivity index (χ1n) is 7.03. The first kappa shape index (κ1) is 17.8. The number of aliphatic hydroxyl groups is 1. The van der Waals surface area contributed by atoms with Crippen molar-refractivity contribution in [3.8, 4) is 9.75 Å². The van der Waals surface area contributed by atoms with Gasteiger partial charge in [0, 0.05) is 25.6 Å². The van der Waals surface area contributed by atoms with Crippen molar-refractivity contribution >= 4 is 48.6 Å². The predicted molar refractivity (Wildman–Crippen MR) is 102 cm³/mol. The van der Waals surface area contributed by atoms with E-state index in [9.17, 15) is 13.5 Å². The molecule has 0 saturated carbocycles. The van der Waals surface area contributed by atoms with Crippen LogP contribution < -0.4 is 4.72 Å². The minimum absolute atomic E-state index is 0.0753. The molecule has 0 fully saturated rings. The van der Waals surface area contributed by atoms with Crippen molar-refractivity contribution in [2.75, 3.05) is 6.54 Å². The van der Waals surface area contributed by atoms with Crippen LogP contribution in [-0.4, -0.2) is 20.1 Å². The van der Waals surface area contributed by atoms with Crippen molar-refractivity contribution < 1.29 is 13.5 Å². The van der Waals surface area contributed by atoms with Crippen LogP contribution in [-0.2, 0) is 10.0 Å². The maximum atomic E-state index is 12.3. The van der Waals surface area contributed by atoms with Gasteiger partial charge < -0.3 is 5.11 Å². The molecule has 0 aliphatic rings. The molecule has 4 nitrogen and oxygen atoms in total. The van der Waals surface area contributed by atoms with Gasteiger partial charge in [-0.05, 0) is 51.6 Å². The molecule has 24 heavy (non-hydrogen) atoms. The van der Waals surface area contributed by atoms with Gasteiger partial charge in [-0.1, -0.05) is 18.2 Å². The topological polar surface area (TPSA) is 66.4 Å². The molecular formula is C16H14BrNO3S3. The van der Waals surface area contributed by atoms with Crippen LogP contribution in [0.4, 0.5) is 0 Å². The zero-order chi connectivity index (χ0) is 17.2. The average Bonchev–Trinajstić information content (AvgIpc) is 3.23. The molecule has 0 bridgehead atoms. The zero-order valence-corrected chi connectivity index (χ0v) is 16.4. The summed E-state index contributed by atoms with van der Waals surface area (Å²) in [7, 11) is -3.68. The third kappa shape index (κ3) is 3.96. The summed E-state index contributed by atoms with van der Waals surface area (Å²) in [6.07, 6.45) is -0.888. The van der Waals surface area contributed by atoms with E-state index in [1.807, 2.05) is 29.6 Å². The largest absolute Gasteiger partial charge is 0.386 e. The van der Waals surface area contributed by atoms with Gasteiger partial charge in [-0.15, -0.1) is 22.7 Å². The van der Waals surface area contributed by atoms with Crippen LogP contribution >= 0.6 is 38.6 Å². The Kier molecular flexibility index (Phi) is 5.53. The molecule has 3 rings (SSSR count). The number of aliphatic hydroxyl groups excluding tert-OH is 1. The molecule has 0 spiro atoms. The second kappa shape index (κ2) is 7.47. The lowest BCUT2D eigenvalue weighted by Gasteiger charge is -2.11. The lowest BCUT2D eigenvalue weighted by molar-refractivity contribution is 0.186. The van der Waals surface area contributed by atoms with Gasteiger partial charge in [0.15, 0.2) is 0 Å². The van der Waals surface area contributed by atoms with Crippen molar-refractivity contribution in [3.63, 3.8) is 0 Å². The Labute approximate surface area is 157 Å². The highest BCUT2D eigenvalue weighted by Gasteiger charge is 2.20. The van der Waals surface area contributed by atoms with E-state index >= 15 is 0 Å². The van der Waals surface area contributed by atoms with Crippen molar-refractivity contribution in [2.24, 2.45) is 0 Å². The van der Waals surface area contributed by atoms with Crippen LogP contribution in [0.25, 0.3) is 9.75 Å². The molecule has 2 N–H and O–H groups in total. The molecule has 2 heterocycles. The lowest BCUT2D eigenvalue weighted by Crippen LogP contribution is -2.28.